The quantitative estimate of drug-likeness (QED) is 0.579. The van der Waals surface area contributed by atoms with Gasteiger partial charge in [-0.2, -0.15) is 0 Å². The molecule has 0 heterocycles. The van der Waals surface area contributed by atoms with E-state index >= 15 is 0 Å². The van der Waals surface area contributed by atoms with Crippen LogP contribution < -0.4 is 4.74 Å². The summed E-state index contributed by atoms with van der Waals surface area (Å²) in [5.41, 5.74) is 3.22. The van der Waals surface area contributed by atoms with Crippen LogP contribution in [-0.4, -0.2) is 12.8 Å². The van der Waals surface area contributed by atoms with Crippen molar-refractivity contribution in [2.45, 2.75) is 25.9 Å². The lowest BCUT2D eigenvalue weighted by Gasteiger charge is -2.04. The number of benzene rings is 2. The molecule has 120 valence electrons. The van der Waals surface area contributed by atoms with Gasteiger partial charge >= 0.3 is 0 Å². The first-order chi connectivity index (χ1) is 11.2. The fourth-order valence-electron chi connectivity index (χ4n) is 2.73. The Labute approximate surface area is 135 Å². The van der Waals surface area contributed by atoms with E-state index in [0.29, 0.717) is 18.4 Å². The number of halogens is 1. The highest BCUT2D eigenvalue weighted by Crippen LogP contribution is 2.48. The minimum Gasteiger partial charge on any atom is -0.497 e. The first-order valence-corrected chi connectivity index (χ1v) is 7.72. The van der Waals surface area contributed by atoms with Gasteiger partial charge in [0.15, 0.2) is 0 Å². The molecule has 1 aliphatic carbocycles. The molecule has 0 aromatic heterocycles. The molecule has 0 amide bonds. The van der Waals surface area contributed by atoms with Gasteiger partial charge in [-0.15, -0.1) is 0 Å². The van der Waals surface area contributed by atoms with E-state index in [0.717, 1.165) is 23.4 Å². The molecule has 4 heteroatoms. The fourth-order valence-corrected chi connectivity index (χ4v) is 2.73. The molecule has 2 atom stereocenters. The lowest BCUT2D eigenvalue weighted by Crippen LogP contribution is -1.99. The second-order valence-corrected chi connectivity index (χ2v) is 5.85. The zero-order valence-electron chi connectivity index (χ0n) is 13.3. The van der Waals surface area contributed by atoms with E-state index in [1.807, 2.05) is 19.1 Å². The topological polar surface area (TPSA) is 30.8 Å². The second kappa shape index (κ2) is 6.82. The maximum atomic E-state index is 12.8. The molecule has 23 heavy (non-hydrogen) atoms. The molecular formula is C19H20FNO2. The molecule has 1 fully saturated rings. The Balaban J connectivity index is 1.52. The Morgan fingerprint density at radius 1 is 1.13 bits per heavy atom. The van der Waals surface area contributed by atoms with Gasteiger partial charge in [0.05, 0.1) is 12.8 Å². The Kier molecular flexibility index (Phi) is 4.60. The molecule has 3 rings (SSSR count). The van der Waals surface area contributed by atoms with Crippen LogP contribution in [-0.2, 0) is 11.4 Å². The van der Waals surface area contributed by atoms with E-state index in [2.05, 4.69) is 17.3 Å². The maximum absolute atomic E-state index is 12.8. The van der Waals surface area contributed by atoms with E-state index in [1.54, 1.807) is 19.2 Å². The molecule has 1 aliphatic rings. The third-order valence-corrected chi connectivity index (χ3v) is 4.22. The molecule has 3 nitrogen and oxygen atoms in total. The largest absolute Gasteiger partial charge is 0.497 e. The van der Waals surface area contributed by atoms with Crippen LogP contribution in [0.3, 0.4) is 0 Å². The monoisotopic (exact) mass is 313 g/mol. The van der Waals surface area contributed by atoms with Crippen molar-refractivity contribution in [3.63, 3.8) is 0 Å². The lowest BCUT2D eigenvalue weighted by atomic mass is 10.1. The van der Waals surface area contributed by atoms with Gasteiger partial charge in [-0.05, 0) is 54.7 Å². The molecule has 0 saturated heterocycles. The first-order valence-electron chi connectivity index (χ1n) is 7.72. The Morgan fingerprint density at radius 2 is 1.83 bits per heavy atom. The van der Waals surface area contributed by atoms with Gasteiger partial charge in [-0.25, -0.2) is 4.39 Å². The summed E-state index contributed by atoms with van der Waals surface area (Å²) in [5, 5.41) is 4.21. The number of hydrogen-bond acceptors (Lipinski definition) is 3. The molecule has 0 unspecified atom stereocenters. The van der Waals surface area contributed by atoms with Gasteiger partial charge in [-0.3, -0.25) is 0 Å². The summed E-state index contributed by atoms with van der Waals surface area (Å²) >= 11 is 0. The van der Waals surface area contributed by atoms with E-state index < -0.39 is 0 Å². The molecular weight excluding hydrogens is 293 g/mol. The van der Waals surface area contributed by atoms with Crippen LogP contribution in [0, 0.1) is 11.7 Å². The molecule has 1 saturated carbocycles. The van der Waals surface area contributed by atoms with Gasteiger partial charge < -0.3 is 9.57 Å². The van der Waals surface area contributed by atoms with Crippen molar-refractivity contribution in [2.75, 3.05) is 7.11 Å². The van der Waals surface area contributed by atoms with Crippen molar-refractivity contribution >= 4 is 5.71 Å². The molecule has 2 aromatic carbocycles. The third kappa shape index (κ3) is 3.89. The number of rotatable bonds is 6. The van der Waals surface area contributed by atoms with Crippen LogP contribution in [0.5, 0.6) is 5.75 Å². The summed E-state index contributed by atoms with van der Waals surface area (Å²) in [6.07, 6.45) is 1.10. The van der Waals surface area contributed by atoms with Crippen molar-refractivity contribution < 1.29 is 14.0 Å². The van der Waals surface area contributed by atoms with Gasteiger partial charge in [0.2, 0.25) is 0 Å². The first kappa shape index (κ1) is 15.5. The second-order valence-electron chi connectivity index (χ2n) is 5.85. The summed E-state index contributed by atoms with van der Waals surface area (Å²) < 4.78 is 18.0. The minimum absolute atomic E-state index is 0.242. The standard InChI is InChI=1S/C19H20FNO2/c1-13(21-23-12-14-3-7-16(20)8-4-14)18-11-19(18)15-5-9-17(22-2)10-6-15/h3-10,18-19H,11-12H2,1-2H3/b21-13-/t18-,19+/m1/s1. The fraction of sp³-hybridized carbons (Fsp3) is 0.316. The predicted molar refractivity (Wildman–Crippen MR) is 88.1 cm³/mol. The molecule has 0 radical (unpaired) electrons. The number of nitrogens with zero attached hydrogens (tertiary/aromatic N) is 1. The van der Waals surface area contributed by atoms with Gasteiger partial charge in [-0.1, -0.05) is 29.4 Å². The summed E-state index contributed by atoms with van der Waals surface area (Å²) in [4.78, 5) is 5.39. The summed E-state index contributed by atoms with van der Waals surface area (Å²) in [6.45, 7) is 2.36. The zero-order valence-corrected chi connectivity index (χ0v) is 13.3. The molecule has 0 bridgehead atoms. The number of oxime groups is 1. The number of ether oxygens (including phenoxy) is 1. The van der Waals surface area contributed by atoms with Crippen LogP contribution in [0.1, 0.15) is 30.4 Å². The van der Waals surface area contributed by atoms with Crippen LogP contribution in [0.15, 0.2) is 53.7 Å². The average Bonchev–Trinajstić information content (AvgIpc) is 3.37. The van der Waals surface area contributed by atoms with Gasteiger partial charge in [0, 0.05) is 5.92 Å². The zero-order chi connectivity index (χ0) is 16.2. The van der Waals surface area contributed by atoms with E-state index in [9.17, 15) is 4.39 Å². The van der Waals surface area contributed by atoms with Gasteiger partial charge in [0.25, 0.3) is 0 Å². The molecule has 0 aliphatic heterocycles. The normalized spacial score (nSPS) is 20.2. The summed E-state index contributed by atoms with van der Waals surface area (Å²) in [7, 11) is 1.67. The SMILES string of the molecule is COc1ccc([C@@H]2C[C@@H]2/C(C)=N\OCc2ccc(F)cc2)cc1. The van der Waals surface area contributed by atoms with Crippen molar-refractivity contribution in [1.82, 2.24) is 0 Å². The van der Waals surface area contributed by atoms with Crippen LogP contribution in [0.25, 0.3) is 0 Å². The summed E-state index contributed by atoms with van der Waals surface area (Å²) in [6, 6.07) is 14.5. The Hall–Kier alpha value is -2.36. The molecule has 0 spiro atoms. The van der Waals surface area contributed by atoms with E-state index in [1.165, 1.54) is 17.7 Å². The lowest BCUT2D eigenvalue weighted by molar-refractivity contribution is 0.129. The minimum atomic E-state index is -0.242. The Morgan fingerprint density at radius 3 is 2.48 bits per heavy atom. The third-order valence-electron chi connectivity index (χ3n) is 4.22. The van der Waals surface area contributed by atoms with Crippen LogP contribution >= 0.6 is 0 Å². The number of methoxy groups -OCH3 is 1. The van der Waals surface area contributed by atoms with Crippen molar-refractivity contribution in [2.24, 2.45) is 11.1 Å². The van der Waals surface area contributed by atoms with E-state index in [4.69, 9.17) is 9.57 Å². The number of hydrogen-bond donors (Lipinski definition) is 0. The molecule has 0 N–H and O–H groups in total. The highest BCUT2D eigenvalue weighted by atomic mass is 19.1. The van der Waals surface area contributed by atoms with Crippen LogP contribution in [0.4, 0.5) is 4.39 Å². The van der Waals surface area contributed by atoms with Crippen molar-refractivity contribution in [3.05, 3.63) is 65.5 Å². The average molecular weight is 313 g/mol. The Bertz CT molecular complexity index is 680. The highest BCUT2D eigenvalue weighted by Gasteiger charge is 2.40. The predicted octanol–water partition coefficient (Wildman–Crippen LogP) is 4.53. The van der Waals surface area contributed by atoms with Crippen molar-refractivity contribution in [3.8, 4) is 5.75 Å². The maximum Gasteiger partial charge on any atom is 0.142 e. The summed E-state index contributed by atoms with van der Waals surface area (Å²) in [5.74, 6) is 1.59. The van der Waals surface area contributed by atoms with E-state index in [-0.39, 0.29) is 5.82 Å². The molecule has 2 aromatic rings. The smallest absolute Gasteiger partial charge is 0.142 e. The van der Waals surface area contributed by atoms with Gasteiger partial charge in [0.1, 0.15) is 18.2 Å². The van der Waals surface area contributed by atoms with Crippen molar-refractivity contribution in [1.29, 1.82) is 0 Å². The van der Waals surface area contributed by atoms with Crippen LogP contribution in [0.2, 0.25) is 0 Å². The highest BCUT2D eigenvalue weighted by molar-refractivity contribution is 5.87.